The third kappa shape index (κ3) is 4.19. The fraction of sp³-hybridized carbons (Fsp3) is 0.556. The zero-order chi connectivity index (χ0) is 21.2. The summed E-state index contributed by atoms with van der Waals surface area (Å²) in [6.07, 6.45) is 6.87. The van der Waals surface area contributed by atoms with Crippen molar-refractivity contribution < 1.29 is 8.78 Å². The molecule has 1 unspecified atom stereocenters. The van der Waals surface area contributed by atoms with Crippen LogP contribution in [0.2, 0.25) is 0 Å². The van der Waals surface area contributed by atoms with E-state index < -0.39 is 11.3 Å². The van der Waals surface area contributed by atoms with Crippen molar-refractivity contribution in [2.75, 3.05) is 7.05 Å². The smallest absolute Gasteiger partial charge is 0.136 e. The van der Waals surface area contributed by atoms with Gasteiger partial charge in [-0.3, -0.25) is 4.90 Å². The number of alkyl halides is 2. The maximum absolute atomic E-state index is 15.5. The topological polar surface area (TPSA) is 3.24 Å². The van der Waals surface area contributed by atoms with Gasteiger partial charge in [-0.15, -0.1) is 0 Å². The van der Waals surface area contributed by atoms with Gasteiger partial charge in [-0.2, -0.15) is 0 Å². The average molecular weight is 412 g/mol. The van der Waals surface area contributed by atoms with E-state index in [1.54, 1.807) is 0 Å². The van der Waals surface area contributed by atoms with E-state index in [1.807, 2.05) is 24.3 Å². The van der Waals surface area contributed by atoms with E-state index in [0.29, 0.717) is 31.7 Å². The molecule has 162 valence electrons. The molecule has 0 aliphatic heterocycles. The second-order valence-corrected chi connectivity index (χ2v) is 9.47. The first kappa shape index (κ1) is 21.5. The van der Waals surface area contributed by atoms with Crippen molar-refractivity contribution in [1.29, 1.82) is 0 Å². The number of halogens is 2. The van der Waals surface area contributed by atoms with Crippen LogP contribution in [0.5, 0.6) is 0 Å². The Labute approximate surface area is 180 Å². The molecule has 0 spiro atoms. The minimum atomic E-state index is -1.25. The van der Waals surface area contributed by atoms with E-state index in [0.717, 1.165) is 55.3 Å². The summed E-state index contributed by atoms with van der Waals surface area (Å²) in [5.41, 5.74) is 1.32. The molecular weight excluding hydrogens is 376 g/mol. The molecule has 2 aliphatic rings. The minimum absolute atomic E-state index is 0.389. The van der Waals surface area contributed by atoms with Crippen LogP contribution in [0.25, 0.3) is 0 Å². The van der Waals surface area contributed by atoms with Crippen LogP contribution < -0.4 is 0 Å². The Kier molecular flexibility index (Phi) is 6.29. The highest BCUT2D eigenvalue weighted by Gasteiger charge is 2.45. The molecule has 0 aromatic heterocycles. The largest absolute Gasteiger partial charge is 0.299 e. The second kappa shape index (κ2) is 8.78. The molecule has 1 atom stereocenters. The number of benzene rings is 2. The Balaban J connectivity index is 1.55. The molecule has 0 bridgehead atoms. The summed E-state index contributed by atoms with van der Waals surface area (Å²) in [7, 11) is 2.17. The van der Waals surface area contributed by atoms with Gasteiger partial charge < -0.3 is 0 Å². The lowest BCUT2D eigenvalue weighted by atomic mass is 9.69. The van der Waals surface area contributed by atoms with E-state index in [2.05, 4.69) is 43.1 Å². The summed E-state index contributed by atoms with van der Waals surface area (Å²) in [5.74, 6) is 0. The van der Waals surface area contributed by atoms with Gasteiger partial charge in [0.1, 0.15) is 11.3 Å². The van der Waals surface area contributed by atoms with Crippen LogP contribution >= 0.6 is 0 Å². The molecule has 2 fully saturated rings. The molecule has 0 saturated heterocycles. The molecule has 0 heterocycles. The predicted molar refractivity (Wildman–Crippen MR) is 120 cm³/mol. The van der Waals surface area contributed by atoms with Crippen LogP contribution in [0.3, 0.4) is 0 Å². The summed E-state index contributed by atoms with van der Waals surface area (Å²) in [4.78, 5) is 2.39. The minimum Gasteiger partial charge on any atom is -0.299 e. The van der Waals surface area contributed by atoms with E-state index in [1.165, 1.54) is 5.56 Å². The van der Waals surface area contributed by atoms with Gasteiger partial charge in [-0.1, -0.05) is 55.5 Å². The third-order valence-corrected chi connectivity index (χ3v) is 7.53. The van der Waals surface area contributed by atoms with E-state index >= 15 is 8.78 Å². The number of rotatable bonds is 9. The van der Waals surface area contributed by atoms with Crippen LogP contribution in [-0.2, 0) is 24.3 Å². The maximum Gasteiger partial charge on any atom is 0.136 e. The van der Waals surface area contributed by atoms with Crippen molar-refractivity contribution >= 4 is 0 Å². The standard InChI is InChI=1S/C27H35F2N/c1-3-22(30(2)20-21-10-5-4-6-11-21)14-15-23-24(26(28)16-8-17-26)12-7-13-25(23)27(29)18-9-19-27/h4-7,10-13,22H,3,8-9,14-20H2,1-2H3. The molecule has 2 aromatic carbocycles. The molecule has 30 heavy (non-hydrogen) atoms. The van der Waals surface area contributed by atoms with Gasteiger partial charge in [0.2, 0.25) is 0 Å². The van der Waals surface area contributed by atoms with Gasteiger partial charge in [-0.25, -0.2) is 8.78 Å². The van der Waals surface area contributed by atoms with E-state index in [-0.39, 0.29) is 0 Å². The first-order chi connectivity index (χ1) is 14.5. The van der Waals surface area contributed by atoms with Crippen LogP contribution in [0.4, 0.5) is 8.78 Å². The Bertz CT molecular complexity index is 801. The molecule has 3 heteroatoms. The molecule has 2 aromatic rings. The van der Waals surface area contributed by atoms with Crippen molar-refractivity contribution in [3.05, 3.63) is 70.8 Å². The summed E-state index contributed by atoms with van der Waals surface area (Å²) < 4.78 is 31.0. The highest BCUT2D eigenvalue weighted by atomic mass is 19.1. The molecule has 1 nitrogen and oxygen atoms in total. The molecule has 0 amide bonds. The summed E-state index contributed by atoms with van der Waals surface area (Å²) in [6, 6.07) is 16.6. The number of hydrogen-bond donors (Lipinski definition) is 0. The first-order valence-corrected chi connectivity index (χ1v) is 11.7. The van der Waals surface area contributed by atoms with Crippen molar-refractivity contribution in [2.24, 2.45) is 0 Å². The van der Waals surface area contributed by atoms with Crippen molar-refractivity contribution in [1.82, 2.24) is 4.90 Å². The SMILES string of the molecule is CCC(CCc1c(C2(F)CCC2)cccc1C1(F)CCC1)N(C)Cc1ccccc1. The van der Waals surface area contributed by atoms with Crippen LogP contribution in [0, 0.1) is 0 Å². The highest BCUT2D eigenvalue weighted by molar-refractivity contribution is 5.44. The van der Waals surface area contributed by atoms with Gasteiger partial charge in [0, 0.05) is 12.6 Å². The predicted octanol–water partition coefficient (Wildman–Crippen LogP) is 7.23. The second-order valence-electron chi connectivity index (χ2n) is 9.47. The number of nitrogens with zero attached hydrogens (tertiary/aromatic N) is 1. The summed E-state index contributed by atoms with van der Waals surface area (Å²) >= 11 is 0. The van der Waals surface area contributed by atoms with Crippen molar-refractivity contribution in [2.45, 2.75) is 88.6 Å². The van der Waals surface area contributed by atoms with Gasteiger partial charge in [-0.05, 0) is 87.1 Å². The van der Waals surface area contributed by atoms with Crippen molar-refractivity contribution in [3.8, 4) is 0 Å². The average Bonchev–Trinajstić information content (AvgIpc) is 2.71. The lowest BCUT2D eigenvalue weighted by molar-refractivity contribution is 0.0512. The Morgan fingerprint density at radius 3 is 1.90 bits per heavy atom. The fourth-order valence-electron chi connectivity index (χ4n) is 5.26. The Morgan fingerprint density at radius 2 is 1.43 bits per heavy atom. The quantitative estimate of drug-likeness (QED) is 0.421. The normalized spacial score (nSPS) is 20.4. The van der Waals surface area contributed by atoms with Crippen LogP contribution in [-0.4, -0.2) is 18.0 Å². The highest BCUT2D eigenvalue weighted by Crippen LogP contribution is 2.51. The lowest BCUT2D eigenvalue weighted by Crippen LogP contribution is -2.35. The third-order valence-electron chi connectivity index (χ3n) is 7.53. The molecule has 0 radical (unpaired) electrons. The van der Waals surface area contributed by atoms with Crippen LogP contribution in [0.1, 0.15) is 80.5 Å². The van der Waals surface area contributed by atoms with Gasteiger partial charge in [0.05, 0.1) is 0 Å². The zero-order valence-corrected chi connectivity index (χ0v) is 18.5. The molecule has 2 aliphatic carbocycles. The van der Waals surface area contributed by atoms with Gasteiger partial charge >= 0.3 is 0 Å². The Hall–Kier alpha value is -1.74. The van der Waals surface area contributed by atoms with E-state index in [9.17, 15) is 0 Å². The zero-order valence-electron chi connectivity index (χ0n) is 18.5. The monoisotopic (exact) mass is 411 g/mol. The molecule has 4 rings (SSSR count). The molecule has 2 saturated carbocycles. The summed E-state index contributed by atoms with van der Waals surface area (Å²) in [6.45, 7) is 3.11. The first-order valence-electron chi connectivity index (χ1n) is 11.7. The van der Waals surface area contributed by atoms with E-state index in [4.69, 9.17) is 0 Å². The molecular formula is C27H35F2N. The summed E-state index contributed by atoms with van der Waals surface area (Å²) in [5, 5.41) is 0. The maximum atomic E-state index is 15.5. The fourth-order valence-corrected chi connectivity index (χ4v) is 5.26. The number of hydrogen-bond acceptors (Lipinski definition) is 1. The van der Waals surface area contributed by atoms with Crippen LogP contribution in [0.15, 0.2) is 48.5 Å². The Morgan fingerprint density at radius 1 is 0.867 bits per heavy atom. The van der Waals surface area contributed by atoms with Crippen molar-refractivity contribution in [3.63, 3.8) is 0 Å². The van der Waals surface area contributed by atoms with Gasteiger partial charge in [0.25, 0.3) is 0 Å². The molecule has 0 N–H and O–H groups in total. The van der Waals surface area contributed by atoms with Gasteiger partial charge in [0.15, 0.2) is 0 Å². The lowest BCUT2D eigenvalue weighted by Gasteiger charge is -2.40.